The van der Waals surface area contributed by atoms with Crippen molar-refractivity contribution < 1.29 is 9.90 Å². The smallest absolute Gasteiger partial charge is 0.162 e. The maximum absolute atomic E-state index is 12.4. The third kappa shape index (κ3) is 4.94. The van der Waals surface area contributed by atoms with Crippen molar-refractivity contribution in [2.45, 2.75) is 19.4 Å². The number of ketones is 1. The van der Waals surface area contributed by atoms with Crippen LogP contribution in [0.4, 0.5) is 0 Å². The Kier molecular flexibility index (Phi) is 5.90. The van der Waals surface area contributed by atoms with E-state index in [2.05, 4.69) is 29.2 Å². The minimum Gasteiger partial charge on any atom is -0.507 e. The second-order valence-electron chi connectivity index (χ2n) is 6.47. The molecule has 0 spiro atoms. The standard InChI is InChI=1S/C21H22ClNO2/c22-19-8-6-17(7-9-19)20(24)14-21(25)18-10-12-23(13-11-18)15-16-4-2-1-3-5-16/h1-9,14,18,24H,10-13,15H2. The van der Waals surface area contributed by atoms with E-state index in [9.17, 15) is 9.90 Å². The molecular weight excluding hydrogens is 334 g/mol. The lowest BCUT2D eigenvalue weighted by Crippen LogP contribution is -2.35. The van der Waals surface area contributed by atoms with Crippen LogP contribution in [0.5, 0.6) is 0 Å². The molecule has 1 heterocycles. The highest BCUT2D eigenvalue weighted by molar-refractivity contribution is 6.30. The summed E-state index contributed by atoms with van der Waals surface area (Å²) in [6.07, 6.45) is 3.02. The van der Waals surface area contributed by atoms with Crippen LogP contribution < -0.4 is 0 Å². The van der Waals surface area contributed by atoms with Gasteiger partial charge in [-0.05, 0) is 55.8 Å². The molecule has 0 aromatic heterocycles. The van der Waals surface area contributed by atoms with Crippen LogP contribution in [0.1, 0.15) is 24.0 Å². The number of piperidine rings is 1. The molecule has 1 saturated heterocycles. The SMILES string of the molecule is O=C(C=C(O)c1ccc(Cl)cc1)C1CCN(Cc2ccccc2)CC1. The molecule has 3 rings (SSSR count). The molecular formula is C21H22ClNO2. The molecule has 1 N–H and O–H groups in total. The number of benzene rings is 2. The first kappa shape index (κ1) is 17.7. The molecule has 0 amide bonds. The van der Waals surface area contributed by atoms with E-state index in [4.69, 9.17) is 11.6 Å². The van der Waals surface area contributed by atoms with Crippen LogP contribution in [-0.4, -0.2) is 28.9 Å². The Balaban J connectivity index is 1.54. The molecule has 0 atom stereocenters. The Bertz CT molecular complexity index is 732. The van der Waals surface area contributed by atoms with Crippen LogP contribution in [0.2, 0.25) is 5.02 Å². The fourth-order valence-corrected chi connectivity index (χ4v) is 3.30. The van der Waals surface area contributed by atoms with E-state index in [1.54, 1.807) is 24.3 Å². The van der Waals surface area contributed by atoms with Crippen LogP contribution in [-0.2, 0) is 11.3 Å². The summed E-state index contributed by atoms with van der Waals surface area (Å²) in [6, 6.07) is 17.2. The molecule has 0 aliphatic carbocycles. The van der Waals surface area contributed by atoms with Gasteiger partial charge in [0.15, 0.2) is 5.78 Å². The first-order chi connectivity index (χ1) is 12.1. The largest absolute Gasteiger partial charge is 0.507 e. The maximum atomic E-state index is 12.4. The van der Waals surface area contributed by atoms with E-state index >= 15 is 0 Å². The predicted octanol–water partition coefficient (Wildman–Crippen LogP) is 4.72. The molecule has 0 saturated carbocycles. The Hall–Kier alpha value is -2.10. The number of hydrogen-bond acceptors (Lipinski definition) is 3. The van der Waals surface area contributed by atoms with Gasteiger partial charge in [0.05, 0.1) is 0 Å². The molecule has 0 bridgehead atoms. The molecule has 1 fully saturated rings. The van der Waals surface area contributed by atoms with Crippen LogP contribution >= 0.6 is 11.6 Å². The number of nitrogens with zero attached hydrogens (tertiary/aromatic N) is 1. The third-order valence-electron chi connectivity index (χ3n) is 4.66. The van der Waals surface area contributed by atoms with Crippen molar-refractivity contribution in [2.75, 3.05) is 13.1 Å². The number of rotatable bonds is 5. The minimum absolute atomic E-state index is 0.00631. The lowest BCUT2D eigenvalue weighted by atomic mass is 9.91. The summed E-state index contributed by atoms with van der Waals surface area (Å²) in [4.78, 5) is 14.8. The van der Waals surface area contributed by atoms with Gasteiger partial charge in [-0.1, -0.05) is 41.9 Å². The Labute approximate surface area is 153 Å². The van der Waals surface area contributed by atoms with E-state index in [0.29, 0.717) is 10.6 Å². The number of halogens is 1. The summed E-state index contributed by atoms with van der Waals surface area (Å²) in [5.41, 5.74) is 1.91. The Morgan fingerprint density at radius 1 is 1.08 bits per heavy atom. The van der Waals surface area contributed by atoms with Crippen LogP contribution in [0.15, 0.2) is 60.7 Å². The molecule has 130 valence electrons. The second-order valence-corrected chi connectivity index (χ2v) is 6.91. The highest BCUT2D eigenvalue weighted by atomic mass is 35.5. The number of hydrogen-bond donors (Lipinski definition) is 1. The summed E-state index contributed by atoms with van der Waals surface area (Å²) < 4.78 is 0. The number of allylic oxidation sites excluding steroid dienone is 1. The third-order valence-corrected chi connectivity index (χ3v) is 4.91. The highest BCUT2D eigenvalue weighted by Gasteiger charge is 2.24. The van der Waals surface area contributed by atoms with E-state index in [1.807, 2.05) is 6.07 Å². The number of aliphatic hydroxyl groups is 1. The van der Waals surface area contributed by atoms with Crippen LogP contribution in [0.3, 0.4) is 0 Å². The average molecular weight is 356 g/mol. The quantitative estimate of drug-likeness (QED) is 0.623. The van der Waals surface area contributed by atoms with Gasteiger partial charge in [-0.25, -0.2) is 0 Å². The molecule has 3 nitrogen and oxygen atoms in total. The number of carbonyl (C=O) groups is 1. The molecule has 2 aromatic carbocycles. The number of aliphatic hydroxyl groups excluding tert-OH is 1. The molecule has 0 radical (unpaired) electrons. The number of likely N-dealkylation sites (tertiary alicyclic amines) is 1. The highest BCUT2D eigenvalue weighted by Crippen LogP contribution is 2.22. The number of carbonyl (C=O) groups excluding carboxylic acids is 1. The van der Waals surface area contributed by atoms with Crippen molar-refractivity contribution in [3.8, 4) is 0 Å². The van der Waals surface area contributed by atoms with E-state index < -0.39 is 0 Å². The molecule has 0 unspecified atom stereocenters. The average Bonchev–Trinajstić information content (AvgIpc) is 2.63. The lowest BCUT2D eigenvalue weighted by molar-refractivity contribution is -0.119. The van der Waals surface area contributed by atoms with Gasteiger partial charge in [-0.15, -0.1) is 0 Å². The Morgan fingerprint density at radius 3 is 2.36 bits per heavy atom. The fourth-order valence-electron chi connectivity index (χ4n) is 3.17. The van der Waals surface area contributed by atoms with Crippen molar-refractivity contribution in [3.63, 3.8) is 0 Å². The molecule has 1 aliphatic rings. The van der Waals surface area contributed by atoms with Crippen molar-refractivity contribution in [1.82, 2.24) is 4.90 Å². The minimum atomic E-state index is -0.0125. The molecule has 1 aliphatic heterocycles. The van der Waals surface area contributed by atoms with Gasteiger partial charge < -0.3 is 5.11 Å². The van der Waals surface area contributed by atoms with Gasteiger partial charge in [-0.2, -0.15) is 0 Å². The summed E-state index contributed by atoms with van der Waals surface area (Å²) >= 11 is 5.84. The van der Waals surface area contributed by atoms with E-state index in [1.165, 1.54) is 11.6 Å². The first-order valence-corrected chi connectivity index (χ1v) is 8.96. The van der Waals surface area contributed by atoms with Gasteiger partial charge in [0.25, 0.3) is 0 Å². The zero-order chi connectivity index (χ0) is 17.6. The first-order valence-electron chi connectivity index (χ1n) is 8.58. The van der Waals surface area contributed by atoms with Crippen molar-refractivity contribution in [1.29, 1.82) is 0 Å². The molecule has 4 heteroatoms. The summed E-state index contributed by atoms with van der Waals surface area (Å²) in [5, 5.41) is 10.8. The van der Waals surface area contributed by atoms with Gasteiger partial charge in [-0.3, -0.25) is 9.69 Å². The van der Waals surface area contributed by atoms with Crippen molar-refractivity contribution >= 4 is 23.1 Å². The Morgan fingerprint density at radius 2 is 1.72 bits per heavy atom. The lowest BCUT2D eigenvalue weighted by Gasteiger charge is -2.30. The van der Waals surface area contributed by atoms with Crippen LogP contribution in [0.25, 0.3) is 5.76 Å². The topological polar surface area (TPSA) is 40.5 Å². The zero-order valence-corrected chi connectivity index (χ0v) is 14.8. The van der Waals surface area contributed by atoms with Gasteiger partial charge in [0.1, 0.15) is 5.76 Å². The van der Waals surface area contributed by atoms with Gasteiger partial charge in [0.2, 0.25) is 0 Å². The summed E-state index contributed by atoms with van der Waals surface area (Å²) in [7, 11) is 0. The van der Waals surface area contributed by atoms with Gasteiger partial charge >= 0.3 is 0 Å². The zero-order valence-electron chi connectivity index (χ0n) is 14.1. The maximum Gasteiger partial charge on any atom is 0.162 e. The fraction of sp³-hybridized carbons (Fsp3) is 0.286. The predicted molar refractivity (Wildman–Crippen MR) is 102 cm³/mol. The van der Waals surface area contributed by atoms with E-state index in [0.717, 1.165) is 32.5 Å². The molecule has 2 aromatic rings. The van der Waals surface area contributed by atoms with Crippen molar-refractivity contribution in [2.24, 2.45) is 5.92 Å². The van der Waals surface area contributed by atoms with Crippen LogP contribution in [0, 0.1) is 5.92 Å². The summed E-state index contributed by atoms with van der Waals surface area (Å²) in [6.45, 7) is 2.73. The normalized spacial score (nSPS) is 16.8. The monoisotopic (exact) mass is 355 g/mol. The molecule has 25 heavy (non-hydrogen) atoms. The van der Waals surface area contributed by atoms with E-state index in [-0.39, 0.29) is 17.5 Å². The second kappa shape index (κ2) is 8.32. The van der Waals surface area contributed by atoms with Crippen molar-refractivity contribution in [3.05, 3.63) is 76.8 Å². The summed E-state index contributed by atoms with van der Waals surface area (Å²) in [5.74, 6) is 0.00154. The van der Waals surface area contributed by atoms with Gasteiger partial charge in [0, 0.05) is 29.1 Å².